The van der Waals surface area contributed by atoms with Crippen LogP contribution >= 0.6 is 0 Å². The van der Waals surface area contributed by atoms with Crippen molar-refractivity contribution in [2.24, 2.45) is 7.05 Å². The molecular weight excluding hydrogens is 264 g/mol. The highest BCUT2D eigenvalue weighted by Crippen LogP contribution is 2.38. The molecule has 5 heteroatoms. The number of rotatable bonds is 2. The molecule has 3 heterocycles. The van der Waals surface area contributed by atoms with Crippen molar-refractivity contribution < 1.29 is 4.79 Å². The first kappa shape index (κ1) is 14.6. The second kappa shape index (κ2) is 5.44. The van der Waals surface area contributed by atoms with Crippen molar-refractivity contribution in [2.45, 2.75) is 57.2 Å². The van der Waals surface area contributed by atoms with Crippen LogP contribution in [0.1, 0.15) is 44.6 Å². The van der Waals surface area contributed by atoms with Gasteiger partial charge in [0.15, 0.2) is 0 Å². The maximum Gasteiger partial charge on any atom is 0.222 e. The summed E-state index contributed by atoms with van der Waals surface area (Å²) in [6.45, 7) is 4.34. The largest absolute Gasteiger partial charge is 0.339 e. The molecule has 1 aromatic rings. The standard InChI is InChI=1S/C16H26N4O/c1-16-8-4-5-9-20(12-13-10-17-18(2)11-13)14(16)6-7-15(21)19(16)3/h10-11,14H,4-9,12H2,1-3H3/t14-,16-/m0/s1. The van der Waals surface area contributed by atoms with Crippen molar-refractivity contribution >= 4 is 5.91 Å². The van der Waals surface area contributed by atoms with Gasteiger partial charge in [0.05, 0.1) is 11.7 Å². The van der Waals surface area contributed by atoms with Gasteiger partial charge in [-0.15, -0.1) is 0 Å². The second-order valence-corrected chi connectivity index (χ2v) is 6.81. The van der Waals surface area contributed by atoms with E-state index >= 15 is 0 Å². The van der Waals surface area contributed by atoms with Crippen molar-refractivity contribution in [3.05, 3.63) is 18.0 Å². The van der Waals surface area contributed by atoms with Crippen molar-refractivity contribution in [1.82, 2.24) is 19.6 Å². The Hall–Kier alpha value is -1.36. The van der Waals surface area contributed by atoms with Crippen LogP contribution in [-0.4, -0.2) is 50.7 Å². The summed E-state index contributed by atoms with van der Waals surface area (Å²) >= 11 is 0. The number of aryl methyl sites for hydroxylation is 1. The molecule has 21 heavy (non-hydrogen) atoms. The minimum Gasteiger partial charge on any atom is -0.339 e. The number of amides is 1. The van der Waals surface area contributed by atoms with Crippen LogP contribution in [0.4, 0.5) is 0 Å². The Morgan fingerprint density at radius 2 is 2.19 bits per heavy atom. The maximum absolute atomic E-state index is 12.1. The molecule has 2 fully saturated rings. The number of nitrogens with zero attached hydrogens (tertiary/aromatic N) is 4. The van der Waals surface area contributed by atoms with Gasteiger partial charge in [0.25, 0.3) is 0 Å². The van der Waals surface area contributed by atoms with E-state index in [2.05, 4.69) is 23.1 Å². The first-order valence-corrected chi connectivity index (χ1v) is 7.99. The Kier molecular flexibility index (Phi) is 3.78. The number of hydrogen-bond acceptors (Lipinski definition) is 3. The molecule has 0 spiro atoms. The van der Waals surface area contributed by atoms with E-state index < -0.39 is 0 Å². The summed E-state index contributed by atoms with van der Waals surface area (Å²) in [7, 11) is 3.95. The molecule has 116 valence electrons. The van der Waals surface area contributed by atoms with E-state index in [1.807, 2.05) is 29.9 Å². The quantitative estimate of drug-likeness (QED) is 0.834. The Balaban J connectivity index is 1.84. The molecule has 2 saturated heterocycles. The third-order valence-corrected chi connectivity index (χ3v) is 5.45. The number of likely N-dealkylation sites (N-methyl/N-ethyl adjacent to an activating group) is 1. The number of carbonyl (C=O) groups excluding carboxylic acids is 1. The molecule has 1 amide bonds. The van der Waals surface area contributed by atoms with Gasteiger partial charge in [-0.3, -0.25) is 14.4 Å². The molecular formula is C16H26N4O. The molecule has 5 nitrogen and oxygen atoms in total. The predicted octanol–water partition coefficient (Wildman–Crippen LogP) is 1.79. The van der Waals surface area contributed by atoms with E-state index in [1.165, 1.54) is 18.4 Å². The summed E-state index contributed by atoms with van der Waals surface area (Å²) in [6.07, 6.45) is 9.26. The minimum atomic E-state index is -0.0198. The van der Waals surface area contributed by atoms with Gasteiger partial charge < -0.3 is 4.90 Å². The lowest BCUT2D eigenvalue weighted by molar-refractivity contribution is -0.144. The fourth-order valence-electron chi connectivity index (χ4n) is 4.09. The summed E-state index contributed by atoms with van der Waals surface area (Å²) in [6, 6.07) is 0.461. The predicted molar refractivity (Wildman–Crippen MR) is 81.7 cm³/mol. The van der Waals surface area contributed by atoms with Gasteiger partial charge in [-0.05, 0) is 39.2 Å². The summed E-state index contributed by atoms with van der Waals surface area (Å²) in [5.41, 5.74) is 1.25. The lowest BCUT2D eigenvalue weighted by atomic mass is 9.80. The van der Waals surface area contributed by atoms with Crippen molar-refractivity contribution in [2.75, 3.05) is 13.6 Å². The number of fused-ring (bicyclic) bond motifs is 1. The van der Waals surface area contributed by atoms with Crippen LogP contribution in [-0.2, 0) is 18.4 Å². The molecule has 0 aromatic carbocycles. The SMILES string of the molecule is CN1C(=O)CC[C@@H]2N(Cc3cnn(C)c3)CCCC[C@@]21C. The molecule has 2 atom stereocenters. The summed E-state index contributed by atoms with van der Waals surface area (Å²) in [5, 5.41) is 4.28. The highest BCUT2D eigenvalue weighted by Gasteiger charge is 2.47. The zero-order valence-corrected chi connectivity index (χ0v) is 13.4. The topological polar surface area (TPSA) is 41.4 Å². The van der Waals surface area contributed by atoms with Crippen molar-refractivity contribution in [3.8, 4) is 0 Å². The van der Waals surface area contributed by atoms with E-state index in [4.69, 9.17) is 0 Å². The number of aromatic nitrogens is 2. The molecule has 3 rings (SSSR count). The molecule has 0 saturated carbocycles. The normalized spacial score (nSPS) is 31.1. The van der Waals surface area contributed by atoms with E-state index in [1.54, 1.807) is 0 Å². The lowest BCUT2D eigenvalue weighted by Gasteiger charge is -2.51. The summed E-state index contributed by atoms with van der Waals surface area (Å²) < 4.78 is 1.86. The molecule has 0 aliphatic carbocycles. The first-order chi connectivity index (χ1) is 10.0. The number of hydrogen-bond donors (Lipinski definition) is 0. The van der Waals surface area contributed by atoms with Crippen LogP contribution < -0.4 is 0 Å². The Morgan fingerprint density at radius 3 is 2.90 bits per heavy atom. The van der Waals surface area contributed by atoms with Crippen LogP contribution in [0.2, 0.25) is 0 Å². The summed E-state index contributed by atoms with van der Waals surface area (Å²) in [5.74, 6) is 0.303. The molecule has 0 radical (unpaired) electrons. The monoisotopic (exact) mass is 290 g/mol. The lowest BCUT2D eigenvalue weighted by Crippen LogP contribution is -2.63. The third kappa shape index (κ3) is 2.59. The molecule has 0 unspecified atom stereocenters. The Bertz CT molecular complexity index is 526. The summed E-state index contributed by atoms with van der Waals surface area (Å²) in [4.78, 5) is 16.7. The van der Waals surface area contributed by atoms with E-state index in [0.29, 0.717) is 18.4 Å². The molecule has 0 N–H and O–H groups in total. The third-order valence-electron chi connectivity index (χ3n) is 5.45. The average molecular weight is 290 g/mol. The first-order valence-electron chi connectivity index (χ1n) is 7.99. The van der Waals surface area contributed by atoms with Crippen molar-refractivity contribution in [1.29, 1.82) is 0 Å². The number of likely N-dealkylation sites (tertiary alicyclic amines) is 2. The molecule has 2 aliphatic rings. The smallest absolute Gasteiger partial charge is 0.222 e. The van der Waals surface area contributed by atoms with Crippen molar-refractivity contribution in [3.63, 3.8) is 0 Å². The van der Waals surface area contributed by atoms with Crippen LogP contribution in [0.3, 0.4) is 0 Å². The zero-order valence-electron chi connectivity index (χ0n) is 13.4. The van der Waals surface area contributed by atoms with Gasteiger partial charge in [-0.1, -0.05) is 0 Å². The number of carbonyl (C=O) groups is 1. The van der Waals surface area contributed by atoms with Gasteiger partial charge in [-0.25, -0.2) is 0 Å². The molecule has 1 aromatic heterocycles. The zero-order chi connectivity index (χ0) is 15.0. The van der Waals surface area contributed by atoms with Gasteiger partial charge in [0.1, 0.15) is 0 Å². The fraction of sp³-hybridized carbons (Fsp3) is 0.750. The van der Waals surface area contributed by atoms with E-state index in [-0.39, 0.29) is 5.54 Å². The van der Waals surface area contributed by atoms with E-state index in [0.717, 1.165) is 25.9 Å². The van der Waals surface area contributed by atoms with E-state index in [9.17, 15) is 4.79 Å². The van der Waals surface area contributed by atoms with Gasteiger partial charge in [0.2, 0.25) is 5.91 Å². The Labute approximate surface area is 126 Å². The molecule has 2 aliphatic heterocycles. The fourth-order valence-corrected chi connectivity index (χ4v) is 4.09. The van der Waals surface area contributed by atoms with Crippen LogP contribution in [0.15, 0.2) is 12.4 Å². The van der Waals surface area contributed by atoms with Gasteiger partial charge >= 0.3 is 0 Å². The van der Waals surface area contributed by atoms with Gasteiger partial charge in [-0.2, -0.15) is 5.10 Å². The van der Waals surface area contributed by atoms with Crippen LogP contribution in [0.5, 0.6) is 0 Å². The molecule has 0 bridgehead atoms. The average Bonchev–Trinajstić information content (AvgIpc) is 2.78. The number of piperidine rings is 1. The minimum absolute atomic E-state index is 0.0198. The highest BCUT2D eigenvalue weighted by atomic mass is 16.2. The van der Waals surface area contributed by atoms with Crippen LogP contribution in [0.25, 0.3) is 0 Å². The highest BCUT2D eigenvalue weighted by molar-refractivity contribution is 5.78. The Morgan fingerprint density at radius 1 is 1.38 bits per heavy atom. The van der Waals surface area contributed by atoms with Crippen LogP contribution in [0, 0.1) is 0 Å². The van der Waals surface area contributed by atoms with Gasteiger partial charge in [0, 0.05) is 44.9 Å². The second-order valence-electron chi connectivity index (χ2n) is 6.81. The maximum atomic E-state index is 12.1.